The number of ether oxygens (including phenoxy) is 1. The van der Waals surface area contributed by atoms with Crippen LogP contribution in [0.5, 0.6) is 5.75 Å². The maximum atomic E-state index is 6.17. The second-order valence-electron chi connectivity index (χ2n) is 3.78. The SMILES string of the molecule is CCc1c(Cl)nc(-c2c(Cl)cccc2OC)nc1Cl. The Labute approximate surface area is 126 Å². The van der Waals surface area contributed by atoms with Crippen molar-refractivity contribution < 1.29 is 4.74 Å². The molecule has 0 aliphatic carbocycles. The van der Waals surface area contributed by atoms with E-state index in [1.807, 2.05) is 6.92 Å². The quantitative estimate of drug-likeness (QED) is 0.771. The zero-order valence-corrected chi connectivity index (χ0v) is 12.6. The first-order chi connectivity index (χ1) is 9.08. The molecule has 0 spiro atoms. The molecule has 1 aromatic carbocycles. The van der Waals surface area contributed by atoms with Gasteiger partial charge in [0.2, 0.25) is 0 Å². The van der Waals surface area contributed by atoms with Crippen LogP contribution in [-0.4, -0.2) is 17.1 Å². The van der Waals surface area contributed by atoms with Crippen molar-refractivity contribution in [3.8, 4) is 17.1 Å². The van der Waals surface area contributed by atoms with Crippen LogP contribution < -0.4 is 4.74 Å². The van der Waals surface area contributed by atoms with Gasteiger partial charge in [0.1, 0.15) is 16.1 Å². The highest BCUT2D eigenvalue weighted by molar-refractivity contribution is 6.35. The average Bonchev–Trinajstić information content (AvgIpc) is 2.37. The molecule has 19 heavy (non-hydrogen) atoms. The van der Waals surface area contributed by atoms with Gasteiger partial charge < -0.3 is 4.74 Å². The van der Waals surface area contributed by atoms with E-state index in [2.05, 4.69) is 9.97 Å². The molecule has 0 bridgehead atoms. The molecule has 2 aromatic rings. The van der Waals surface area contributed by atoms with Gasteiger partial charge in [-0.15, -0.1) is 0 Å². The zero-order valence-electron chi connectivity index (χ0n) is 10.4. The molecule has 100 valence electrons. The number of nitrogens with zero attached hydrogens (tertiary/aromatic N) is 2. The second-order valence-corrected chi connectivity index (χ2v) is 4.90. The van der Waals surface area contributed by atoms with E-state index in [0.717, 1.165) is 5.56 Å². The van der Waals surface area contributed by atoms with E-state index in [0.29, 0.717) is 38.9 Å². The minimum Gasteiger partial charge on any atom is -0.496 e. The van der Waals surface area contributed by atoms with E-state index in [1.165, 1.54) is 0 Å². The monoisotopic (exact) mass is 316 g/mol. The maximum Gasteiger partial charge on any atom is 0.167 e. The van der Waals surface area contributed by atoms with E-state index >= 15 is 0 Å². The molecule has 0 fully saturated rings. The van der Waals surface area contributed by atoms with E-state index in [1.54, 1.807) is 25.3 Å². The molecule has 0 aliphatic rings. The van der Waals surface area contributed by atoms with Crippen molar-refractivity contribution in [2.24, 2.45) is 0 Å². The number of aromatic nitrogens is 2. The molecule has 1 heterocycles. The molecule has 6 heteroatoms. The van der Waals surface area contributed by atoms with Crippen LogP contribution >= 0.6 is 34.8 Å². The van der Waals surface area contributed by atoms with Crippen molar-refractivity contribution in [1.29, 1.82) is 0 Å². The van der Waals surface area contributed by atoms with Crippen LogP contribution in [0.1, 0.15) is 12.5 Å². The average molecular weight is 318 g/mol. The Hall–Kier alpha value is -1.03. The molecule has 2 rings (SSSR count). The number of hydrogen-bond acceptors (Lipinski definition) is 3. The Balaban J connectivity index is 2.66. The summed E-state index contributed by atoms with van der Waals surface area (Å²) in [5.74, 6) is 0.929. The third kappa shape index (κ3) is 2.78. The maximum absolute atomic E-state index is 6.17. The van der Waals surface area contributed by atoms with Crippen molar-refractivity contribution in [2.45, 2.75) is 13.3 Å². The first-order valence-electron chi connectivity index (χ1n) is 5.63. The summed E-state index contributed by atoms with van der Waals surface area (Å²) in [7, 11) is 1.55. The fraction of sp³-hybridized carbons (Fsp3) is 0.231. The van der Waals surface area contributed by atoms with E-state index in [4.69, 9.17) is 39.5 Å². The van der Waals surface area contributed by atoms with Gasteiger partial charge in [0.15, 0.2) is 5.82 Å². The smallest absolute Gasteiger partial charge is 0.167 e. The zero-order chi connectivity index (χ0) is 14.0. The summed E-state index contributed by atoms with van der Waals surface area (Å²) in [5.41, 5.74) is 1.30. The minimum atomic E-state index is 0.333. The highest BCUT2D eigenvalue weighted by atomic mass is 35.5. The molecular formula is C13H11Cl3N2O. The third-order valence-corrected chi connectivity index (χ3v) is 3.62. The summed E-state index contributed by atoms with van der Waals surface area (Å²) in [6.07, 6.45) is 0.664. The second kappa shape index (κ2) is 5.95. The number of methoxy groups -OCH3 is 1. The third-order valence-electron chi connectivity index (χ3n) is 2.68. The Bertz CT molecular complexity index is 594. The van der Waals surface area contributed by atoms with Gasteiger partial charge in [-0.3, -0.25) is 0 Å². The molecular weight excluding hydrogens is 307 g/mol. The summed E-state index contributed by atoms with van der Waals surface area (Å²) in [6.45, 7) is 1.94. The van der Waals surface area contributed by atoms with E-state index in [9.17, 15) is 0 Å². The van der Waals surface area contributed by atoms with E-state index < -0.39 is 0 Å². The molecule has 1 aromatic heterocycles. The lowest BCUT2D eigenvalue weighted by molar-refractivity contribution is 0.416. The molecule has 0 amide bonds. The van der Waals surface area contributed by atoms with Crippen LogP contribution in [0.3, 0.4) is 0 Å². The molecule has 0 saturated heterocycles. The summed E-state index contributed by atoms with van der Waals surface area (Å²) in [5, 5.41) is 1.15. The summed E-state index contributed by atoms with van der Waals surface area (Å²) in [6, 6.07) is 5.30. The van der Waals surface area contributed by atoms with Crippen molar-refractivity contribution in [3.05, 3.63) is 39.1 Å². The van der Waals surface area contributed by atoms with Crippen molar-refractivity contribution in [1.82, 2.24) is 9.97 Å². The summed E-state index contributed by atoms with van der Waals surface area (Å²) >= 11 is 18.4. The Morgan fingerprint density at radius 3 is 2.26 bits per heavy atom. The molecule has 0 atom stereocenters. The summed E-state index contributed by atoms with van der Waals surface area (Å²) in [4.78, 5) is 8.50. The van der Waals surface area contributed by atoms with Gasteiger partial charge in [0.05, 0.1) is 17.7 Å². The summed E-state index contributed by atoms with van der Waals surface area (Å²) < 4.78 is 5.27. The van der Waals surface area contributed by atoms with Gasteiger partial charge in [-0.1, -0.05) is 47.8 Å². The molecule has 3 nitrogen and oxygen atoms in total. The van der Waals surface area contributed by atoms with Gasteiger partial charge in [-0.25, -0.2) is 9.97 Å². The predicted octanol–water partition coefficient (Wildman–Crippen LogP) is 4.67. The lowest BCUT2D eigenvalue weighted by Gasteiger charge is -2.11. The van der Waals surface area contributed by atoms with Gasteiger partial charge in [0, 0.05) is 5.56 Å². The highest BCUT2D eigenvalue weighted by Gasteiger charge is 2.17. The normalized spacial score (nSPS) is 10.6. The number of benzene rings is 1. The van der Waals surface area contributed by atoms with Crippen molar-refractivity contribution >= 4 is 34.8 Å². The molecule has 0 aliphatic heterocycles. The molecule has 0 unspecified atom stereocenters. The molecule has 0 N–H and O–H groups in total. The standard InChI is InChI=1S/C13H11Cl3N2O/c1-3-7-11(15)17-13(18-12(7)16)10-8(14)5-4-6-9(10)19-2/h4-6H,3H2,1-2H3. The fourth-order valence-electron chi connectivity index (χ4n) is 1.73. The number of hydrogen-bond donors (Lipinski definition) is 0. The first kappa shape index (κ1) is 14.4. The topological polar surface area (TPSA) is 35.0 Å². The van der Waals surface area contributed by atoms with Crippen molar-refractivity contribution in [2.75, 3.05) is 7.11 Å². The van der Waals surface area contributed by atoms with Crippen molar-refractivity contribution in [3.63, 3.8) is 0 Å². The van der Waals surface area contributed by atoms with Crippen LogP contribution in [0.15, 0.2) is 18.2 Å². The predicted molar refractivity (Wildman–Crippen MR) is 78.4 cm³/mol. The molecule has 0 saturated carbocycles. The minimum absolute atomic E-state index is 0.333. The lowest BCUT2D eigenvalue weighted by Crippen LogP contribution is -1.98. The van der Waals surface area contributed by atoms with Crippen LogP contribution in [0.2, 0.25) is 15.3 Å². The van der Waals surface area contributed by atoms with Crippen LogP contribution in [-0.2, 0) is 6.42 Å². The Morgan fingerprint density at radius 1 is 1.11 bits per heavy atom. The molecule has 0 radical (unpaired) electrons. The Kier molecular flexibility index (Phi) is 4.50. The van der Waals surface area contributed by atoms with Gasteiger partial charge in [-0.2, -0.15) is 0 Å². The number of halogens is 3. The highest BCUT2D eigenvalue weighted by Crippen LogP contribution is 2.36. The Morgan fingerprint density at radius 2 is 1.74 bits per heavy atom. The van der Waals surface area contributed by atoms with Gasteiger partial charge in [0.25, 0.3) is 0 Å². The fourth-order valence-corrected chi connectivity index (χ4v) is 2.63. The first-order valence-corrected chi connectivity index (χ1v) is 6.76. The largest absolute Gasteiger partial charge is 0.496 e. The van der Waals surface area contributed by atoms with Gasteiger partial charge >= 0.3 is 0 Å². The van der Waals surface area contributed by atoms with Crippen LogP contribution in [0.25, 0.3) is 11.4 Å². The van der Waals surface area contributed by atoms with Crippen LogP contribution in [0.4, 0.5) is 0 Å². The van der Waals surface area contributed by atoms with E-state index in [-0.39, 0.29) is 0 Å². The lowest BCUT2D eigenvalue weighted by atomic mass is 10.1. The van der Waals surface area contributed by atoms with Crippen LogP contribution in [0, 0.1) is 0 Å². The number of rotatable bonds is 3. The van der Waals surface area contributed by atoms with Gasteiger partial charge in [-0.05, 0) is 18.6 Å².